The molecule has 0 amide bonds. The first-order valence-electron chi connectivity index (χ1n) is 4.11. The van der Waals surface area contributed by atoms with E-state index in [0.29, 0.717) is 4.88 Å². The zero-order valence-corrected chi connectivity index (χ0v) is 8.59. The molecule has 74 valence electrons. The molecule has 0 spiro atoms. The third-order valence-corrected chi connectivity index (χ3v) is 2.66. The van der Waals surface area contributed by atoms with Crippen molar-refractivity contribution in [1.82, 2.24) is 4.90 Å². The number of aliphatic hydroxyl groups excluding tert-OH is 1. The predicted octanol–water partition coefficient (Wildman–Crippen LogP) is 1.68. The first-order chi connectivity index (χ1) is 6.11. The Hall–Kier alpha value is -0.450. The van der Waals surface area contributed by atoms with Crippen LogP contribution in [0.5, 0.6) is 0 Å². The molecule has 0 aliphatic carbocycles. The van der Waals surface area contributed by atoms with E-state index in [1.54, 1.807) is 25.1 Å². The van der Waals surface area contributed by atoms with Gasteiger partial charge in [0.05, 0.1) is 0 Å². The van der Waals surface area contributed by atoms with Gasteiger partial charge in [-0.05, 0) is 25.5 Å². The van der Waals surface area contributed by atoms with Crippen molar-refractivity contribution in [3.63, 3.8) is 0 Å². The van der Waals surface area contributed by atoms with Crippen LogP contribution < -0.4 is 0 Å². The van der Waals surface area contributed by atoms with Crippen LogP contribution >= 0.6 is 11.3 Å². The monoisotopic (exact) mass is 203 g/mol. The molecule has 2 unspecified atom stereocenters. The number of aliphatic hydroxyl groups is 1. The summed E-state index contributed by atoms with van der Waals surface area (Å²) in [7, 11) is 3.57. The van der Waals surface area contributed by atoms with Gasteiger partial charge >= 0.3 is 0 Å². The van der Waals surface area contributed by atoms with Crippen LogP contribution in [0.15, 0.2) is 17.5 Å². The van der Waals surface area contributed by atoms with Crippen LogP contribution in [0.3, 0.4) is 0 Å². The van der Waals surface area contributed by atoms with E-state index in [2.05, 4.69) is 0 Å². The van der Waals surface area contributed by atoms with Gasteiger partial charge in [0.2, 0.25) is 0 Å². The molecule has 1 heterocycles. The van der Waals surface area contributed by atoms with E-state index in [0.717, 1.165) is 0 Å². The van der Waals surface area contributed by atoms with Crippen LogP contribution in [0, 0.1) is 0 Å². The summed E-state index contributed by atoms with van der Waals surface area (Å²) in [6.45, 7) is 0.249. The highest BCUT2D eigenvalue weighted by Gasteiger charge is 2.21. The largest absolute Gasteiger partial charge is 0.384 e. The Bertz CT molecular complexity index is 238. The smallest absolute Gasteiger partial charge is 0.143 e. The highest BCUT2D eigenvalue weighted by molar-refractivity contribution is 7.10. The van der Waals surface area contributed by atoms with Crippen molar-refractivity contribution >= 4 is 11.3 Å². The molecule has 4 heteroatoms. The summed E-state index contributed by atoms with van der Waals surface area (Å²) in [6.07, 6.45) is -2.20. The Morgan fingerprint density at radius 3 is 2.77 bits per heavy atom. The van der Waals surface area contributed by atoms with E-state index < -0.39 is 12.3 Å². The van der Waals surface area contributed by atoms with E-state index >= 15 is 0 Å². The molecule has 1 aromatic heterocycles. The first kappa shape index (κ1) is 10.6. The van der Waals surface area contributed by atoms with Crippen LogP contribution in [0.4, 0.5) is 4.39 Å². The molecule has 0 saturated heterocycles. The van der Waals surface area contributed by atoms with Gasteiger partial charge in [0.15, 0.2) is 0 Å². The Morgan fingerprint density at radius 1 is 1.62 bits per heavy atom. The molecular formula is C9H14FNOS. The van der Waals surface area contributed by atoms with E-state index in [1.165, 1.54) is 11.3 Å². The highest BCUT2D eigenvalue weighted by Crippen LogP contribution is 2.23. The van der Waals surface area contributed by atoms with Crippen molar-refractivity contribution in [2.75, 3.05) is 20.6 Å². The molecule has 0 fully saturated rings. The van der Waals surface area contributed by atoms with Crippen molar-refractivity contribution < 1.29 is 9.50 Å². The lowest BCUT2D eigenvalue weighted by molar-refractivity contribution is 0.0637. The number of alkyl halides is 1. The second-order valence-corrected chi connectivity index (χ2v) is 4.22. The highest BCUT2D eigenvalue weighted by atomic mass is 32.1. The van der Waals surface area contributed by atoms with Crippen LogP contribution in [-0.4, -0.2) is 36.8 Å². The molecule has 1 N–H and O–H groups in total. The minimum absolute atomic E-state index is 0.249. The maximum atomic E-state index is 13.3. The van der Waals surface area contributed by atoms with E-state index in [4.69, 9.17) is 0 Å². The topological polar surface area (TPSA) is 23.5 Å². The van der Waals surface area contributed by atoms with Gasteiger partial charge in [-0.3, -0.25) is 0 Å². The Labute approximate surface area is 81.6 Å². The number of rotatable bonds is 4. The summed E-state index contributed by atoms with van der Waals surface area (Å²) < 4.78 is 13.3. The average Bonchev–Trinajstić information content (AvgIpc) is 2.53. The molecular weight excluding hydrogens is 189 g/mol. The van der Waals surface area contributed by atoms with E-state index in [-0.39, 0.29) is 6.54 Å². The lowest BCUT2D eigenvalue weighted by Crippen LogP contribution is -2.27. The summed E-state index contributed by atoms with van der Waals surface area (Å²) in [5, 5.41) is 11.4. The van der Waals surface area contributed by atoms with Crippen molar-refractivity contribution in [3.8, 4) is 0 Å². The maximum absolute atomic E-state index is 13.3. The van der Waals surface area contributed by atoms with Crippen molar-refractivity contribution in [1.29, 1.82) is 0 Å². The minimum atomic E-state index is -1.21. The number of thiophene rings is 1. The molecule has 0 radical (unpaired) electrons. The molecule has 0 aliphatic heterocycles. The lowest BCUT2D eigenvalue weighted by atomic mass is 10.2. The summed E-state index contributed by atoms with van der Waals surface area (Å²) in [5.41, 5.74) is 0. The zero-order chi connectivity index (χ0) is 9.84. The Morgan fingerprint density at radius 2 is 2.31 bits per heavy atom. The van der Waals surface area contributed by atoms with Crippen LogP contribution in [0.1, 0.15) is 11.0 Å². The van der Waals surface area contributed by atoms with Crippen LogP contribution in [-0.2, 0) is 0 Å². The second-order valence-electron chi connectivity index (χ2n) is 3.24. The molecule has 0 aliphatic rings. The number of halogens is 1. The van der Waals surface area contributed by atoms with Gasteiger partial charge in [0, 0.05) is 11.4 Å². The summed E-state index contributed by atoms with van der Waals surface area (Å²) in [6, 6.07) is 3.56. The molecule has 0 saturated carbocycles. The number of hydrogen-bond acceptors (Lipinski definition) is 3. The summed E-state index contributed by atoms with van der Waals surface area (Å²) in [5.74, 6) is 0. The standard InChI is InChI=1S/C9H14FNOS/c1-11(2)6-7(10)9(12)8-4-3-5-13-8/h3-5,7,9,12H,6H2,1-2H3. The van der Waals surface area contributed by atoms with Crippen LogP contribution in [0.25, 0.3) is 0 Å². The third-order valence-electron chi connectivity index (χ3n) is 1.72. The molecule has 2 atom stereocenters. The van der Waals surface area contributed by atoms with Gasteiger partial charge in [-0.25, -0.2) is 4.39 Å². The summed E-state index contributed by atoms with van der Waals surface area (Å²) >= 11 is 1.38. The van der Waals surface area contributed by atoms with Gasteiger partial charge in [0.1, 0.15) is 12.3 Å². The van der Waals surface area contributed by atoms with Gasteiger partial charge in [-0.2, -0.15) is 0 Å². The van der Waals surface area contributed by atoms with Crippen molar-refractivity contribution in [2.24, 2.45) is 0 Å². The van der Waals surface area contributed by atoms with Crippen molar-refractivity contribution in [3.05, 3.63) is 22.4 Å². The van der Waals surface area contributed by atoms with Gasteiger partial charge in [-0.1, -0.05) is 6.07 Å². The second kappa shape index (κ2) is 4.69. The average molecular weight is 203 g/mol. The Balaban J connectivity index is 2.52. The van der Waals surface area contributed by atoms with Gasteiger partial charge in [-0.15, -0.1) is 11.3 Å². The summed E-state index contributed by atoms with van der Waals surface area (Å²) in [4.78, 5) is 2.41. The fraction of sp³-hybridized carbons (Fsp3) is 0.556. The number of nitrogens with zero attached hydrogens (tertiary/aromatic N) is 1. The Kier molecular flexibility index (Phi) is 3.84. The fourth-order valence-electron chi connectivity index (χ4n) is 1.09. The molecule has 13 heavy (non-hydrogen) atoms. The quantitative estimate of drug-likeness (QED) is 0.804. The predicted molar refractivity (Wildman–Crippen MR) is 52.7 cm³/mol. The SMILES string of the molecule is CN(C)CC(F)C(O)c1cccs1. The molecule has 2 nitrogen and oxygen atoms in total. The fourth-order valence-corrected chi connectivity index (χ4v) is 1.84. The van der Waals surface area contributed by atoms with Gasteiger partial charge in [0.25, 0.3) is 0 Å². The lowest BCUT2D eigenvalue weighted by Gasteiger charge is -2.18. The molecule has 1 rings (SSSR count). The third kappa shape index (κ3) is 3.06. The maximum Gasteiger partial charge on any atom is 0.143 e. The molecule has 0 aromatic carbocycles. The first-order valence-corrected chi connectivity index (χ1v) is 4.99. The van der Waals surface area contributed by atoms with Crippen molar-refractivity contribution in [2.45, 2.75) is 12.3 Å². The zero-order valence-electron chi connectivity index (χ0n) is 7.77. The normalized spacial score (nSPS) is 16.1. The molecule has 1 aromatic rings. The van der Waals surface area contributed by atoms with E-state index in [9.17, 15) is 9.50 Å². The molecule has 0 bridgehead atoms. The van der Waals surface area contributed by atoms with Gasteiger partial charge < -0.3 is 10.0 Å². The minimum Gasteiger partial charge on any atom is -0.384 e. The van der Waals surface area contributed by atoms with Crippen LogP contribution in [0.2, 0.25) is 0 Å². The number of hydrogen-bond donors (Lipinski definition) is 1. The van der Waals surface area contributed by atoms with E-state index in [1.807, 2.05) is 11.4 Å².